The molecule has 0 unspecified atom stereocenters. The van der Waals surface area contributed by atoms with Crippen molar-refractivity contribution in [1.82, 2.24) is 9.80 Å². The summed E-state index contributed by atoms with van der Waals surface area (Å²) in [6.07, 6.45) is 0. The first kappa shape index (κ1) is 19.4. The van der Waals surface area contributed by atoms with Gasteiger partial charge in [-0.2, -0.15) is 0 Å². The lowest BCUT2D eigenvalue weighted by Gasteiger charge is -2.35. The second-order valence-corrected chi connectivity index (χ2v) is 6.99. The Labute approximate surface area is 165 Å². The number of hydrogen-bond acceptors (Lipinski definition) is 3. The summed E-state index contributed by atoms with van der Waals surface area (Å²) >= 11 is 5.88. The zero-order valence-electron chi connectivity index (χ0n) is 15.5. The van der Waals surface area contributed by atoms with Crippen molar-refractivity contribution in [2.75, 3.05) is 44.2 Å². The number of carbonyl (C=O) groups is 2. The number of hydrogen-bond donors (Lipinski definition) is 0. The standard InChI is InChI=1S/C21H24ClN3O2/c1-2-25(19-6-4-3-5-7-19)20(26)16-23-12-14-24(15-13-23)21(27)17-8-10-18(22)11-9-17/h3-11H,2,12-16H2,1H3. The Bertz CT molecular complexity index is 772. The molecular formula is C21H24ClN3O2. The summed E-state index contributed by atoms with van der Waals surface area (Å²) in [7, 11) is 0. The van der Waals surface area contributed by atoms with E-state index in [4.69, 9.17) is 11.6 Å². The molecule has 0 saturated carbocycles. The molecule has 0 spiro atoms. The molecule has 2 aromatic rings. The largest absolute Gasteiger partial charge is 0.336 e. The quantitative estimate of drug-likeness (QED) is 0.794. The lowest BCUT2D eigenvalue weighted by molar-refractivity contribution is -0.120. The molecule has 1 fully saturated rings. The molecule has 142 valence electrons. The molecule has 1 aliphatic heterocycles. The molecule has 2 aromatic carbocycles. The van der Waals surface area contributed by atoms with Gasteiger partial charge in [0.1, 0.15) is 0 Å². The van der Waals surface area contributed by atoms with Crippen molar-refractivity contribution in [2.45, 2.75) is 6.92 Å². The Morgan fingerprint density at radius 2 is 1.59 bits per heavy atom. The first-order valence-electron chi connectivity index (χ1n) is 9.21. The summed E-state index contributed by atoms with van der Waals surface area (Å²) in [4.78, 5) is 31.0. The molecule has 0 atom stereocenters. The molecule has 1 saturated heterocycles. The molecule has 27 heavy (non-hydrogen) atoms. The van der Waals surface area contributed by atoms with Crippen LogP contribution >= 0.6 is 11.6 Å². The number of benzene rings is 2. The van der Waals surface area contributed by atoms with Gasteiger partial charge in [0.05, 0.1) is 6.54 Å². The maximum Gasteiger partial charge on any atom is 0.253 e. The number of para-hydroxylation sites is 1. The topological polar surface area (TPSA) is 43.9 Å². The molecule has 1 heterocycles. The monoisotopic (exact) mass is 385 g/mol. The van der Waals surface area contributed by atoms with Gasteiger partial charge in [-0.3, -0.25) is 14.5 Å². The Hall–Kier alpha value is -2.37. The lowest BCUT2D eigenvalue weighted by atomic mass is 10.2. The van der Waals surface area contributed by atoms with Crippen molar-refractivity contribution in [1.29, 1.82) is 0 Å². The Balaban J connectivity index is 1.53. The van der Waals surface area contributed by atoms with E-state index in [1.165, 1.54) is 0 Å². The molecule has 0 radical (unpaired) electrons. The van der Waals surface area contributed by atoms with Crippen LogP contribution in [-0.4, -0.2) is 60.9 Å². The van der Waals surface area contributed by atoms with Crippen LogP contribution in [-0.2, 0) is 4.79 Å². The van der Waals surface area contributed by atoms with E-state index in [9.17, 15) is 9.59 Å². The summed E-state index contributed by atoms with van der Waals surface area (Å²) in [5.41, 5.74) is 1.56. The van der Waals surface area contributed by atoms with E-state index >= 15 is 0 Å². The van der Waals surface area contributed by atoms with Crippen molar-refractivity contribution in [3.8, 4) is 0 Å². The summed E-state index contributed by atoms with van der Waals surface area (Å²) in [6, 6.07) is 16.7. The Morgan fingerprint density at radius 1 is 0.963 bits per heavy atom. The van der Waals surface area contributed by atoms with E-state index in [0.29, 0.717) is 49.9 Å². The van der Waals surface area contributed by atoms with Gasteiger partial charge in [-0.1, -0.05) is 29.8 Å². The molecule has 5 nitrogen and oxygen atoms in total. The minimum absolute atomic E-state index is 0.0112. The number of likely N-dealkylation sites (N-methyl/N-ethyl adjacent to an activating group) is 1. The highest BCUT2D eigenvalue weighted by atomic mass is 35.5. The fourth-order valence-electron chi connectivity index (χ4n) is 3.27. The normalized spacial score (nSPS) is 14.8. The highest BCUT2D eigenvalue weighted by molar-refractivity contribution is 6.30. The Morgan fingerprint density at radius 3 is 2.19 bits per heavy atom. The third-order valence-corrected chi connectivity index (χ3v) is 5.05. The number of rotatable bonds is 5. The number of nitrogens with zero attached hydrogens (tertiary/aromatic N) is 3. The van der Waals surface area contributed by atoms with E-state index in [0.717, 1.165) is 5.69 Å². The van der Waals surface area contributed by atoms with E-state index < -0.39 is 0 Å². The second-order valence-electron chi connectivity index (χ2n) is 6.55. The summed E-state index contributed by atoms with van der Waals surface area (Å²) in [5, 5.41) is 0.619. The molecule has 2 amide bonds. The van der Waals surface area contributed by atoms with Gasteiger partial charge in [0.25, 0.3) is 5.91 Å². The van der Waals surface area contributed by atoms with Crippen LogP contribution in [0.25, 0.3) is 0 Å². The van der Waals surface area contributed by atoms with Gasteiger partial charge in [0.2, 0.25) is 5.91 Å². The number of carbonyl (C=O) groups excluding carboxylic acids is 2. The molecular weight excluding hydrogens is 362 g/mol. The predicted octanol–water partition coefficient (Wildman–Crippen LogP) is 3.15. The van der Waals surface area contributed by atoms with Crippen LogP contribution in [0.5, 0.6) is 0 Å². The summed E-state index contributed by atoms with van der Waals surface area (Å²) in [6.45, 7) is 5.60. The van der Waals surface area contributed by atoms with Crippen LogP contribution in [0.3, 0.4) is 0 Å². The summed E-state index contributed by atoms with van der Waals surface area (Å²) < 4.78 is 0. The fourth-order valence-corrected chi connectivity index (χ4v) is 3.40. The van der Waals surface area contributed by atoms with Crippen LogP contribution in [0.4, 0.5) is 5.69 Å². The van der Waals surface area contributed by atoms with Crippen molar-refractivity contribution >= 4 is 29.1 Å². The van der Waals surface area contributed by atoms with Crippen molar-refractivity contribution < 1.29 is 9.59 Å². The van der Waals surface area contributed by atoms with Gasteiger partial charge in [-0.15, -0.1) is 0 Å². The Kier molecular flexibility index (Phi) is 6.48. The van der Waals surface area contributed by atoms with Crippen molar-refractivity contribution in [2.24, 2.45) is 0 Å². The van der Waals surface area contributed by atoms with E-state index in [2.05, 4.69) is 4.90 Å². The number of piperazine rings is 1. The van der Waals surface area contributed by atoms with Crippen LogP contribution in [0, 0.1) is 0 Å². The third-order valence-electron chi connectivity index (χ3n) is 4.79. The molecule has 3 rings (SSSR count). The molecule has 0 aromatic heterocycles. The average molecular weight is 386 g/mol. The first-order chi connectivity index (χ1) is 13.1. The molecule has 0 N–H and O–H groups in total. The molecule has 0 aliphatic carbocycles. The van der Waals surface area contributed by atoms with Crippen LogP contribution in [0.2, 0.25) is 5.02 Å². The highest BCUT2D eigenvalue weighted by Crippen LogP contribution is 2.15. The summed E-state index contributed by atoms with van der Waals surface area (Å²) in [5.74, 6) is 0.0956. The van der Waals surface area contributed by atoms with Crippen LogP contribution in [0.15, 0.2) is 54.6 Å². The van der Waals surface area contributed by atoms with Gasteiger partial charge >= 0.3 is 0 Å². The van der Waals surface area contributed by atoms with Gasteiger partial charge in [-0.05, 0) is 43.3 Å². The number of anilines is 1. The molecule has 0 bridgehead atoms. The zero-order chi connectivity index (χ0) is 19.2. The third kappa shape index (κ3) is 4.87. The van der Waals surface area contributed by atoms with Crippen LogP contribution in [0.1, 0.15) is 17.3 Å². The molecule has 1 aliphatic rings. The van der Waals surface area contributed by atoms with Crippen LogP contribution < -0.4 is 4.90 Å². The van der Waals surface area contributed by atoms with Crippen molar-refractivity contribution in [3.63, 3.8) is 0 Å². The van der Waals surface area contributed by atoms with Gasteiger partial charge in [-0.25, -0.2) is 0 Å². The van der Waals surface area contributed by atoms with E-state index in [1.54, 1.807) is 29.2 Å². The van der Waals surface area contributed by atoms with Crippen molar-refractivity contribution in [3.05, 3.63) is 65.2 Å². The minimum Gasteiger partial charge on any atom is -0.336 e. The van der Waals surface area contributed by atoms with Gasteiger partial charge in [0.15, 0.2) is 0 Å². The van der Waals surface area contributed by atoms with Gasteiger partial charge < -0.3 is 9.80 Å². The highest BCUT2D eigenvalue weighted by Gasteiger charge is 2.24. The second kappa shape index (κ2) is 9.02. The fraction of sp³-hybridized carbons (Fsp3) is 0.333. The number of halogens is 1. The van der Waals surface area contributed by atoms with E-state index in [1.807, 2.05) is 42.2 Å². The van der Waals surface area contributed by atoms with Gasteiger partial charge in [0, 0.05) is 49.0 Å². The number of amides is 2. The smallest absolute Gasteiger partial charge is 0.253 e. The lowest BCUT2D eigenvalue weighted by Crippen LogP contribution is -2.51. The minimum atomic E-state index is 0.0112. The average Bonchev–Trinajstić information content (AvgIpc) is 2.70. The molecule has 6 heteroatoms. The first-order valence-corrected chi connectivity index (χ1v) is 9.59. The predicted molar refractivity (Wildman–Crippen MR) is 108 cm³/mol. The zero-order valence-corrected chi connectivity index (χ0v) is 16.2. The SMILES string of the molecule is CCN(C(=O)CN1CCN(C(=O)c2ccc(Cl)cc2)CC1)c1ccccc1. The maximum absolute atomic E-state index is 12.7. The maximum atomic E-state index is 12.7. The van der Waals surface area contributed by atoms with E-state index in [-0.39, 0.29) is 11.8 Å².